The standard InChI is InChI=1S/C31H52O/c1-9-10-22-26-21(20(2)3)11-14-28(26,6)17-18-30(22,8)31-16-12-23-27(4,5)25(32)13-15-29(23,7)24(31)19-31/h21-26,32H,2,9-19H2,1,3-8H3/t21?,22?,23?,24?,25?,26?,28-,29?,30-,31+/m1/s1. The van der Waals surface area contributed by atoms with Gasteiger partial charge in [-0.3, -0.25) is 0 Å². The normalized spacial score (nSPS) is 56.1. The lowest BCUT2D eigenvalue weighted by Gasteiger charge is -2.62. The molecule has 5 aliphatic carbocycles. The summed E-state index contributed by atoms with van der Waals surface area (Å²) >= 11 is 0. The lowest BCUT2D eigenvalue weighted by Crippen LogP contribution is -2.57. The van der Waals surface area contributed by atoms with E-state index >= 15 is 0 Å². The molecule has 0 aliphatic heterocycles. The van der Waals surface area contributed by atoms with Gasteiger partial charge in [0, 0.05) is 0 Å². The second-order valence-electron chi connectivity index (χ2n) is 14.9. The third kappa shape index (κ3) is 2.79. The molecule has 1 N–H and O–H groups in total. The van der Waals surface area contributed by atoms with E-state index in [0.717, 1.165) is 30.1 Å². The number of hydrogen-bond acceptors (Lipinski definition) is 1. The van der Waals surface area contributed by atoms with Gasteiger partial charge in [-0.2, -0.15) is 0 Å². The Morgan fingerprint density at radius 2 is 1.62 bits per heavy atom. The maximum atomic E-state index is 10.9. The van der Waals surface area contributed by atoms with Gasteiger partial charge in [0.25, 0.3) is 0 Å². The van der Waals surface area contributed by atoms with E-state index in [0.29, 0.717) is 27.6 Å². The predicted octanol–water partition coefficient (Wildman–Crippen LogP) is 8.41. The van der Waals surface area contributed by atoms with E-state index in [9.17, 15) is 5.11 Å². The van der Waals surface area contributed by atoms with Crippen LogP contribution in [0.15, 0.2) is 12.2 Å². The summed E-state index contributed by atoms with van der Waals surface area (Å²) in [6.07, 6.45) is 14.8. The molecule has 32 heavy (non-hydrogen) atoms. The van der Waals surface area contributed by atoms with E-state index in [1.165, 1.54) is 69.8 Å². The molecule has 0 heterocycles. The molecule has 0 aromatic heterocycles. The van der Waals surface area contributed by atoms with Crippen LogP contribution < -0.4 is 0 Å². The summed E-state index contributed by atoms with van der Waals surface area (Å²) in [6, 6.07) is 0. The molecule has 10 atom stereocenters. The number of aliphatic hydroxyl groups is 1. The molecule has 0 radical (unpaired) electrons. The second kappa shape index (κ2) is 7.11. The molecular weight excluding hydrogens is 388 g/mol. The Kier molecular flexibility index (Phi) is 5.21. The summed E-state index contributed by atoms with van der Waals surface area (Å²) < 4.78 is 0. The number of fused-ring (bicyclic) bond motifs is 4. The predicted molar refractivity (Wildman–Crippen MR) is 135 cm³/mol. The molecule has 0 spiro atoms. The summed E-state index contributed by atoms with van der Waals surface area (Å²) in [7, 11) is 0. The smallest absolute Gasteiger partial charge is 0.0594 e. The van der Waals surface area contributed by atoms with Crippen LogP contribution >= 0.6 is 0 Å². The van der Waals surface area contributed by atoms with E-state index in [4.69, 9.17) is 0 Å². The third-order valence-electron chi connectivity index (χ3n) is 13.4. The third-order valence-corrected chi connectivity index (χ3v) is 13.4. The van der Waals surface area contributed by atoms with Gasteiger partial charge in [0.1, 0.15) is 0 Å². The Balaban J connectivity index is 1.52. The van der Waals surface area contributed by atoms with Gasteiger partial charge in [0.2, 0.25) is 0 Å². The molecule has 1 heteroatoms. The molecule has 5 saturated carbocycles. The van der Waals surface area contributed by atoms with E-state index < -0.39 is 0 Å². The lowest BCUT2D eigenvalue weighted by molar-refractivity contribution is -0.157. The van der Waals surface area contributed by atoms with Gasteiger partial charge in [0.15, 0.2) is 0 Å². The SMILES string of the molecule is C=C(C)C1CC[C@]2(C)CC[C@@](C)([C@]34CCC5C(C)(C)C(O)CCC5(C)C3C4)C(CCC)C12. The first kappa shape index (κ1) is 23.4. The molecular formula is C31H52O. The molecule has 0 bridgehead atoms. The van der Waals surface area contributed by atoms with Crippen LogP contribution in [-0.4, -0.2) is 11.2 Å². The number of rotatable bonds is 4. The zero-order valence-electron chi connectivity index (χ0n) is 22.4. The Hall–Kier alpha value is -0.300. The van der Waals surface area contributed by atoms with Gasteiger partial charge in [-0.15, -0.1) is 0 Å². The van der Waals surface area contributed by atoms with Crippen molar-refractivity contribution in [3.8, 4) is 0 Å². The topological polar surface area (TPSA) is 20.2 Å². The quantitative estimate of drug-likeness (QED) is 0.435. The fraction of sp³-hybridized carbons (Fsp3) is 0.935. The number of allylic oxidation sites excluding steroid dienone is 1. The summed E-state index contributed by atoms with van der Waals surface area (Å²) in [4.78, 5) is 0. The average Bonchev–Trinajstić information content (AvgIpc) is 3.40. The molecule has 5 aliphatic rings. The van der Waals surface area contributed by atoms with Crippen LogP contribution in [0, 0.1) is 56.7 Å². The van der Waals surface area contributed by atoms with Gasteiger partial charge < -0.3 is 5.11 Å². The van der Waals surface area contributed by atoms with Crippen LogP contribution in [0.3, 0.4) is 0 Å². The van der Waals surface area contributed by atoms with Crippen molar-refractivity contribution >= 4 is 0 Å². The highest BCUT2D eigenvalue weighted by atomic mass is 16.3. The minimum atomic E-state index is -0.111. The molecule has 0 amide bonds. The van der Waals surface area contributed by atoms with Crippen LogP contribution in [0.25, 0.3) is 0 Å². The van der Waals surface area contributed by atoms with Crippen LogP contribution in [0.5, 0.6) is 0 Å². The van der Waals surface area contributed by atoms with E-state index in [-0.39, 0.29) is 11.5 Å². The fourth-order valence-corrected chi connectivity index (χ4v) is 11.4. The Bertz CT molecular complexity index is 781. The monoisotopic (exact) mass is 440 g/mol. The largest absolute Gasteiger partial charge is 0.393 e. The Morgan fingerprint density at radius 3 is 2.28 bits per heavy atom. The molecule has 0 aromatic carbocycles. The zero-order valence-corrected chi connectivity index (χ0v) is 22.4. The molecule has 1 nitrogen and oxygen atoms in total. The first-order valence-corrected chi connectivity index (χ1v) is 14.2. The molecule has 5 rings (SSSR count). The van der Waals surface area contributed by atoms with Crippen LogP contribution in [0.2, 0.25) is 0 Å². The highest BCUT2D eigenvalue weighted by Crippen LogP contribution is 2.83. The van der Waals surface area contributed by atoms with Gasteiger partial charge in [0.05, 0.1) is 6.10 Å². The van der Waals surface area contributed by atoms with Crippen molar-refractivity contribution in [1.29, 1.82) is 0 Å². The summed E-state index contributed by atoms with van der Waals surface area (Å²) in [6.45, 7) is 22.1. The van der Waals surface area contributed by atoms with E-state index in [1.807, 2.05) is 0 Å². The minimum absolute atomic E-state index is 0.0765. The lowest BCUT2D eigenvalue weighted by atomic mass is 9.42. The van der Waals surface area contributed by atoms with Crippen LogP contribution in [-0.2, 0) is 0 Å². The van der Waals surface area contributed by atoms with Crippen molar-refractivity contribution in [3.63, 3.8) is 0 Å². The summed E-state index contributed by atoms with van der Waals surface area (Å²) in [5.74, 6) is 4.04. The molecule has 5 fully saturated rings. The molecule has 182 valence electrons. The van der Waals surface area contributed by atoms with Crippen molar-refractivity contribution in [1.82, 2.24) is 0 Å². The van der Waals surface area contributed by atoms with Gasteiger partial charge in [-0.1, -0.05) is 60.1 Å². The Morgan fingerprint density at radius 1 is 0.906 bits per heavy atom. The van der Waals surface area contributed by atoms with Gasteiger partial charge >= 0.3 is 0 Å². The van der Waals surface area contributed by atoms with Crippen molar-refractivity contribution in [2.24, 2.45) is 56.7 Å². The highest BCUT2D eigenvalue weighted by molar-refractivity contribution is 5.26. The van der Waals surface area contributed by atoms with E-state index in [1.54, 1.807) is 0 Å². The Labute approximate surface area is 199 Å². The van der Waals surface area contributed by atoms with Crippen LogP contribution in [0.1, 0.15) is 119 Å². The van der Waals surface area contributed by atoms with Crippen molar-refractivity contribution < 1.29 is 5.11 Å². The van der Waals surface area contributed by atoms with Gasteiger partial charge in [-0.05, 0) is 128 Å². The van der Waals surface area contributed by atoms with E-state index in [2.05, 4.69) is 55.0 Å². The summed E-state index contributed by atoms with van der Waals surface area (Å²) in [5.41, 5.74) is 3.58. The van der Waals surface area contributed by atoms with Crippen LogP contribution in [0.4, 0.5) is 0 Å². The van der Waals surface area contributed by atoms with Crippen molar-refractivity contribution in [3.05, 3.63) is 12.2 Å². The van der Waals surface area contributed by atoms with Crippen molar-refractivity contribution in [2.45, 2.75) is 125 Å². The van der Waals surface area contributed by atoms with Gasteiger partial charge in [-0.25, -0.2) is 0 Å². The first-order valence-electron chi connectivity index (χ1n) is 14.2. The molecule has 0 aromatic rings. The number of aliphatic hydroxyl groups excluding tert-OH is 1. The molecule has 0 saturated heterocycles. The fourth-order valence-electron chi connectivity index (χ4n) is 11.4. The second-order valence-corrected chi connectivity index (χ2v) is 14.9. The minimum Gasteiger partial charge on any atom is -0.393 e. The average molecular weight is 441 g/mol. The first-order chi connectivity index (χ1) is 14.9. The maximum absolute atomic E-state index is 10.9. The zero-order chi connectivity index (χ0) is 23.3. The maximum Gasteiger partial charge on any atom is 0.0594 e. The highest BCUT2D eigenvalue weighted by Gasteiger charge is 2.76. The van der Waals surface area contributed by atoms with Crippen molar-refractivity contribution in [2.75, 3.05) is 0 Å². The molecule has 7 unspecified atom stereocenters. The summed E-state index contributed by atoms with van der Waals surface area (Å²) in [5, 5.41) is 10.9. The number of hydrogen-bond donors (Lipinski definition) is 1.